The molecule has 1 spiro atoms. The Morgan fingerprint density at radius 1 is 1.22 bits per heavy atom. The first-order valence-electron chi connectivity index (χ1n) is 7.30. The Kier molecular flexibility index (Phi) is 5.42. The number of hydrogen-bond donors (Lipinski definition) is 1. The minimum atomic E-state index is 0.121. The zero-order valence-corrected chi connectivity index (χ0v) is 11.9. The highest BCUT2D eigenvalue weighted by atomic mass is 16.5. The van der Waals surface area contributed by atoms with Crippen molar-refractivity contribution in [2.75, 3.05) is 47.0 Å². The lowest BCUT2D eigenvalue weighted by molar-refractivity contribution is -0.140. The third-order valence-electron chi connectivity index (χ3n) is 4.11. The molecule has 0 aromatic heterocycles. The summed E-state index contributed by atoms with van der Waals surface area (Å²) in [4.78, 5) is 2.24. The van der Waals surface area contributed by atoms with Crippen molar-refractivity contribution in [1.29, 1.82) is 0 Å². The molecule has 2 heterocycles. The number of nitrogens with one attached hydrogen (secondary N) is 1. The first-order valence-corrected chi connectivity index (χ1v) is 7.30. The molecule has 0 bridgehead atoms. The minimum absolute atomic E-state index is 0.121. The largest absolute Gasteiger partial charge is 0.381 e. The Labute approximate surface area is 111 Å². The van der Waals surface area contributed by atoms with Crippen molar-refractivity contribution < 1.29 is 9.47 Å². The number of ether oxygens (including phenoxy) is 2. The molecule has 1 unspecified atom stereocenters. The molecular weight excluding hydrogens is 228 g/mol. The van der Waals surface area contributed by atoms with Crippen LogP contribution in [0.1, 0.15) is 32.1 Å². The molecule has 18 heavy (non-hydrogen) atoms. The molecule has 106 valence electrons. The maximum atomic E-state index is 6.05. The van der Waals surface area contributed by atoms with Crippen LogP contribution in [-0.4, -0.2) is 63.5 Å². The first kappa shape index (κ1) is 14.3. The van der Waals surface area contributed by atoms with Crippen molar-refractivity contribution in [3.05, 3.63) is 0 Å². The van der Waals surface area contributed by atoms with E-state index in [1.807, 2.05) is 0 Å². The van der Waals surface area contributed by atoms with Gasteiger partial charge in [0.05, 0.1) is 5.60 Å². The Hall–Kier alpha value is -0.160. The molecule has 1 atom stereocenters. The van der Waals surface area contributed by atoms with Crippen molar-refractivity contribution in [2.45, 2.75) is 43.7 Å². The van der Waals surface area contributed by atoms with E-state index in [-0.39, 0.29) is 5.60 Å². The number of hydrogen-bond acceptors (Lipinski definition) is 4. The van der Waals surface area contributed by atoms with Gasteiger partial charge in [-0.05, 0) is 59.3 Å². The third-order valence-corrected chi connectivity index (χ3v) is 4.11. The summed E-state index contributed by atoms with van der Waals surface area (Å²) in [6.45, 7) is 4.93. The van der Waals surface area contributed by atoms with Gasteiger partial charge in [-0.15, -0.1) is 0 Å². The van der Waals surface area contributed by atoms with E-state index < -0.39 is 0 Å². The molecule has 1 N–H and O–H groups in total. The fraction of sp³-hybridized carbons (Fsp3) is 1.00. The molecule has 2 saturated heterocycles. The molecule has 0 aromatic carbocycles. The van der Waals surface area contributed by atoms with Crippen molar-refractivity contribution in [3.63, 3.8) is 0 Å². The molecule has 2 aliphatic rings. The third kappa shape index (κ3) is 4.19. The van der Waals surface area contributed by atoms with Gasteiger partial charge in [-0.1, -0.05) is 0 Å². The van der Waals surface area contributed by atoms with E-state index in [1.165, 1.54) is 12.8 Å². The quantitative estimate of drug-likeness (QED) is 0.751. The van der Waals surface area contributed by atoms with E-state index in [0.717, 1.165) is 52.2 Å². The molecule has 0 radical (unpaired) electrons. The molecule has 0 aliphatic carbocycles. The van der Waals surface area contributed by atoms with E-state index in [0.29, 0.717) is 6.04 Å². The Balaban J connectivity index is 1.69. The highest BCUT2D eigenvalue weighted by Gasteiger charge is 2.38. The van der Waals surface area contributed by atoms with E-state index in [2.05, 4.69) is 24.3 Å². The van der Waals surface area contributed by atoms with Crippen LogP contribution < -0.4 is 5.32 Å². The van der Waals surface area contributed by atoms with E-state index in [1.54, 1.807) is 0 Å². The van der Waals surface area contributed by atoms with Gasteiger partial charge in [-0.2, -0.15) is 0 Å². The van der Waals surface area contributed by atoms with Gasteiger partial charge in [0.1, 0.15) is 0 Å². The van der Waals surface area contributed by atoms with Gasteiger partial charge in [0.2, 0.25) is 0 Å². The summed E-state index contributed by atoms with van der Waals surface area (Å²) in [7, 11) is 4.26. The van der Waals surface area contributed by atoms with Crippen LogP contribution in [0.3, 0.4) is 0 Å². The molecule has 2 aliphatic heterocycles. The number of nitrogens with zero attached hydrogens (tertiary/aromatic N) is 1. The van der Waals surface area contributed by atoms with E-state index in [9.17, 15) is 0 Å². The van der Waals surface area contributed by atoms with Crippen LogP contribution in [0.2, 0.25) is 0 Å². The van der Waals surface area contributed by atoms with E-state index in [4.69, 9.17) is 9.47 Å². The van der Waals surface area contributed by atoms with Crippen molar-refractivity contribution in [1.82, 2.24) is 10.2 Å². The van der Waals surface area contributed by atoms with E-state index >= 15 is 0 Å². The van der Waals surface area contributed by atoms with Gasteiger partial charge in [0, 0.05) is 25.9 Å². The molecule has 0 saturated carbocycles. The Morgan fingerprint density at radius 2 is 2.00 bits per heavy atom. The SMILES string of the molecule is CN(C)CCCNC1CCOC2(CCOCC2)C1. The molecular formula is C14H28N2O2. The molecule has 0 amide bonds. The predicted octanol–water partition coefficient (Wildman–Crippen LogP) is 1.26. The zero-order chi connectivity index (χ0) is 12.8. The van der Waals surface area contributed by atoms with Gasteiger partial charge in [0.25, 0.3) is 0 Å². The maximum Gasteiger partial charge on any atom is 0.0741 e. The predicted molar refractivity (Wildman–Crippen MR) is 72.9 cm³/mol. The van der Waals surface area contributed by atoms with Crippen LogP contribution in [-0.2, 0) is 9.47 Å². The molecule has 4 heteroatoms. The van der Waals surface area contributed by atoms with Crippen LogP contribution in [0.5, 0.6) is 0 Å². The summed E-state index contributed by atoms with van der Waals surface area (Å²) in [5.41, 5.74) is 0.121. The highest BCUT2D eigenvalue weighted by molar-refractivity contribution is 4.91. The lowest BCUT2D eigenvalue weighted by Gasteiger charge is -2.43. The average molecular weight is 256 g/mol. The van der Waals surface area contributed by atoms with Gasteiger partial charge in [0.15, 0.2) is 0 Å². The maximum absolute atomic E-state index is 6.05. The summed E-state index contributed by atoms with van der Waals surface area (Å²) in [6.07, 6.45) is 5.69. The Bertz CT molecular complexity index is 234. The fourth-order valence-corrected chi connectivity index (χ4v) is 3.00. The monoisotopic (exact) mass is 256 g/mol. The summed E-state index contributed by atoms with van der Waals surface area (Å²) in [6, 6.07) is 0.638. The lowest BCUT2D eigenvalue weighted by atomic mass is 9.84. The van der Waals surface area contributed by atoms with Gasteiger partial charge in [-0.3, -0.25) is 0 Å². The second-order valence-corrected chi connectivity index (χ2v) is 5.94. The van der Waals surface area contributed by atoms with Crippen LogP contribution in [0.25, 0.3) is 0 Å². The van der Waals surface area contributed by atoms with Crippen LogP contribution in [0.15, 0.2) is 0 Å². The molecule has 4 nitrogen and oxygen atoms in total. The molecule has 2 fully saturated rings. The summed E-state index contributed by atoms with van der Waals surface area (Å²) < 4.78 is 11.5. The fourth-order valence-electron chi connectivity index (χ4n) is 3.00. The van der Waals surface area contributed by atoms with Crippen molar-refractivity contribution >= 4 is 0 Å². The average Bonchev–Trinajstić information content (AvgIpc) is 2.36. The summed E-state index contributed by atoms with van der Waals surface area (Å²) in [5.74, 6) is 0. The highest BCUT2D eigenvalue weighted by Crippen LogP contribution is 2.34. The number of rotatable bonds is 5. The molecule has 0 aromatic rings. The van der Waals surface area contributed by atoms with Gasteiger partial charge in [-0.25, -0.2) is 0 Å². The normalized spacial score (nSPS) is 27.8. The van der Waals surface area contributed by atoms with Gasteiger partial charge >= 0.3 is 0 Å². The summed E-state index contributed by atoms with van der Waals surface area (Å²) in [5, 5.41) is 3.70. The molecule has 2 rings (SSSR count). The van der Waals surface area contributed by atoms with Crippen molar-refractivity contribution in [3.8, 4) is 0 Å². The standard InChI is InChI=1S/C14H28N2O2/c1-16(2)8-3-7-15-13-4-9-18-14(12-13)5-10-17-11-6-14/h13,15H,3-12H2,1-2H3. The minimum Gasteiger partial charge on any atom is -0.381 e. The lowest BCUT2D eigenvalue weighted by Crippen LogP contribution is -2.50. The Morgan fingerprint density at radius 3 is 2.72 bits per heavy atom. The second-order valence-electron chi connectivity index (χ2n) is 5.94. The van der Waals surface area contributed by atoms with Crippen LogP contribution >= 0.6 is 0 Å². The van der Waals surface area contributed by atoms with Crippen molar-refractivity contribution in [2.24, 2.45) is 0 Å². The second kappa shape index (κ2) is 6.85. The summed E-state index contributed by atoms with van der Waals surface area (Å²) >= 11 is 0. The van der Waals surface area contributed by atoms with Crippen LogP contribution in [0, 0.1) is 0 Å². The smallest absolute Gasteiger partial charge is 0.0741 e. The zero-order valence-electron chi connectivity index (χ0n) is 11.9. The van der Waals surface area contributed by atoms with Crippen LogP contribution in [0.4, 0.5) is 0 Å². The van der Waals surface area contributed by atoms with Gasteiger partial charge < -0.3 is 19.7 Å². The topological polar surface area (TPSA) is 33.7 Å². The first-order chi connectivity index (χ1) is 8.70.